The number of hydrogen-bond acceptors (Lipinski definition) is 2. The first-order valence-electron chi connectivity index (χ1n) is 15.6. The maximum absolute atomic E-state index is 2.94. The largest absolute Gasteiger partial charge is 0.303 e. The molecule has 0 spiro atoms. The van der Waals surface area contributed by atoms with Gasteiger partial charge in [-0.3, -0.25) is 0 Å². The minimum Gasteiger partial charge on any atom is -0.303 e. The normalized spacial score (nSPS) is 37.9. The minimum absolute atomic E-state index is 0.926. The van der Waals surface area contributed by atoms with E-state index in [0.29, 0.717) is 0 Å². The highest BCUT2D eigenvalue weighted by atomic mass is 15.1. The van der Waals surface area contributed by atoms with Crippen LogP contribution in [0.1, 0.15) is 116 Å². The molecule has 2 saturated heterocycles. The average molecular weight is 469 g/mol. The van der Waals surface area contributed by atoms with E-state index in [1.807, 2.05) is 0 Å². The number of rotatable bonds is 0. The second-order valence-corrected chi connectivity index (χ2v) is 12.3. The molecule has 5 rings (SSSR count). The van der Waals surface area contributed by atoms with E-state index < -0.39 is 0 Å². The summed E-state index contributed by atoms with van der Waals surface area (Å²) in [6.45, 7) is 8.28. The van der Waals surface area contributed by atoms with Crippen LogP contribution in [0.4, 0.5) is 0 Å². The van der Waals surface area contributed by atoms with Crippen molar-refractivity contribution in [1.29, 1.82) is 0 Å². The summed E-state index contributed by atoms with van der Waals surface area (Å²) in [6, 6.07) is 0. The Bertz CT molecular complexity index is 596. The van der Waals surface area contributed by atoms with Crippen LogP contribution in [0.2, 0.25) is 0 Å². The van der Waals surface area contributed by atoms with Crippen LogP contribution in [0.25, 0.3) is 0 Å². The lowest BCUT2D eigenvalue weighted by molar-refractivity contribution is 0.0196. The highest BCUT2D eigenvalue weighted by Gasteiger charge is 2.38. The lowest BCUT2D eigenvalue weighted by Gasteiger charge is -2.47. The molecule has 194 valence electrons. The monoisotopic (exact) mass is 468 g/mol. The Hall–Kier alpha value is -0.600. The Morgan fingerprint density at radius 3 is 1.91 bits per heavy atom. The van der Waals surface area contributed by atoms with Crippen LogP contribution < -0.4 is 0 Å². The molecule has 2 nitrogen and oxygen atoms in total. The molecule has 5 heterocycles. The summed E-state index contributed by atoms with van der Waals surface area (Å²) in [4.78, 5) is 5.79. The summed E-state index contributed by atoms with van der Waals surface area (Å²) in [5.74, 6) is 3.82. The van der Waals surface area contributed by atoms with E-state index in [1.54, 1.807) is 0 Å². The summed E-state index contributed by atoms with van der Waals surface area (Å²) < 4.78 is 0. The van der Waals surface area contributed by atoms with Crippen molar-refractivity contribution in [2.45, 2.75) is 116 Å². The van der Waals surface area contributed by atoms with Gasteiger partial charge in [-0.25, -0.2) is 0 Å². The maximum Gasteiger partial charge on any atom is 0.00127 e. The Balaban J connectivity index is 1.47. The van der Waals surface area contributed by atoms with Crippen molar-refractivity contribution in [1.82, 2.24) is 9.80 Å². The molecule has 5 aliphatic rings. The van der Waals surface area contributed by atoms with Crippen molar-refractivity contribution in [2.75, 3.05) is 39.3 Å². The fourth-order valence-corrected chi connectivity index (χ4v) is 7.68. The van der Waals surface area contributed by atoms with Gasteiger partial charge in [-0.05, 0) is 127 Å². The van der Waals surface area contributed by atoms with E-state index in [-0.39, 0.29) is 0 Å². The molecule has 0 amide bonds. The zero-order valence-electron chi connectivity index (χ0n) is 22.5. The van der Waals surface area contributed by atoms with E-state index in [1.165, 1.54) is 155 Å². The third-order valence-corrected chi connectivity index (χ3v) is 9.59. The zero-order valence-corrected chi connectivity index (χ0v) is 22.5. The van der Waals surface area contributed by atoms with Crippen molar-refractivity contribution in [3.63, 3.8) is 0 Å². The van der Waals surface area contributed by atoms with Crippen LogP contribution in [0, 0.1) is 23.7 Å². The first-order valence-corrected chi connectivity index (χ1v) is 15.6. The van der Waals surface area contributed by atoms with Gasteiger partial charge in [-0.1, -0.05) is 56.4 Å². The van der Waals surface area contributed by atoms with E-state index in [4.69, 9.17) is 0 Å². The van der Waals surface area contributed by atoms with Gasteiger partial charge < -0.3 is 9.80 Å². The molecular formula is C32H56N2. The Labute approximate surface area is 212 Å². The second-order valence-electron chi connectivity index (χ2n) is 12.3. The molecule has 0 aromatic heterocycles. The number of piperidine rings is 2. The van der Waals surface area contributed by atoms with Gasteiger partial charge in [0.1, 0.15) is 0 Å². The van der Waals surface area contributed by atoms with Gasteiger partial charge in [0.15, 0.2) is 0 Å². The maximum atomic E-state index is 2.94. The van der Waals surface area contributed by atoms with E-state index in [2.05, 4.69) is 34.1 Å². The molecule has 34 heavy (non-hydrogen) atoms. The van der Waals surface area contributed by atoms with E-state index >= 15 is 0 Å². The van der Waals surface area contributed by atoms with Gasteiger partial charge in [-0.15, -0.1) is 0 Å². The van der Waals surface area contributed by atoms with Crippen molar-refractivity contribution in [3.8, 4) is 0 Å². The van der Waals surface area contributed by atoms with Crippen molar-refractivity contribution in [2.24, 2.45) is 23.7 Å². The first kappa shape index (κ1) is 26.5. The Morgan fingerprint density at radius 1 is 0.441 bits per heavy atom. The third kappa shape index (κ3) is 9.12. The van der Waals surface area contributed by atoms with Crippen LogP contribution in [0.5, 0.6) is 0 Å². The van der Waals surface area contributed by atoms with Crippen molar-refractivity contribution >= 4 is 0 Å². The molecule has 0 N–H and O–H groups in total. The van der Waals surface area contributed by atoms with Gasteiger partial charge >= 0.3 is 0 Å². The first-order chi connectivity index (χ1) is 16.9. The molecule has 6 bridgehead atoms. The summed E-state index contributed by atoms with van der Waals surface area (Å²) >= 11 is 0. The van der Waals surface area contributed by atoms with Crippen LogP contribution >= 0.6 is 0 Å². The van der Waals surface area contributed by atoms with Gasteiger partial charge in [-0.2, -0.15) is 0 Å². The van der Waals surface area contributed by atoms with Gasteiger partial charge in [0.25, 0.3) is 0 Å². The van der Waals surface area contributed by atoms with Crippen LogP contribution in [-0.4, -0.2) is 49.1 Å². The predicted octanol–water partition coefficient (Wildman–Crippen LogP) is 8.24. The quantitative estimate of drug-likeness (QED) is 0.330. The Kier molecular flexibility index (Phi) is 12.1. The highest BCUT2D eigenvalue weighted by molar-refractivity contribution is 4.92. The van der Waals surface area contributed by atoms with E-state index in [0.717, 1.165) is 23.7 Å². The number of fused-ring (bicyclic) bond motifs is 10. The molecule has 0 aromatic carbocycles. The molecule has 0 aromatic rings. The molecule has 0 saturated carbocycles. The van der Waals surface area contributed by atoms with Gasteiger partial charge in [0, 0.05) is 19.6 Å². The molecule has 2 heteroatoms. The molecule has 2 fully saturated rings. The summed E-state index contributed by atoms with van der Waals surface area (Å²) in [5, 5.41) is 0. The topological polar surface area (TPSA) is 6.48 Å². The van der Waals surface area contributed by atoms with Crippen molar-refractivity contribution in [3.05, 3.63) is 24.3 Å². The average Bonchev–Trinajstić information content (AvgIpc) is 2.85. The lowest BCUT2D eigenvalue weighted by atomic mass is 9.69. The molecule has 6 atom stereocenters. The fourth-order valence-electron chi connectivity index (χ4n) is 7.68. The lowest BCUT2D eigenvalue weighted by Crippen LogP contribution is -2.49. The molecular weight excluding hydrogens is 412 g/mol. The molecule has 0 radical (unpaired) electrons. The number of allylic oxidation sites excluding steroid dienone is 4. The predicted molar refractivity (Wildman–Crippen MR) is 148 cm³/mol. The van der Waals surface area contributed by atoms with Crippen molar-refractivity contribution < 1.29 is 0 Å². The van der Waals surface area contributed by atoms with E-state index in [9.17, 15) is 0 Å². The van der Waals surface area contributed by atoms with Crippen LogP contribution in [-0.2, 0) is 0 Å². The molecule has 0 aliphatic carbocycles. The Morgan fingerprint density at radius 2 is 1.06 bits per heavy atom. The highest BCUT2D eigenvalue weighted by Crippen LogP contribution is 2.40. The molecule has 6 unspecified atom stereocenters. The van der Waals surface area contributed by atoms with Gasteiger partial charge in [0.05, 0.1) is 0 Å². The number of nitrogens with zero attached hydrogens (tertiary/aromatic N) is 2. The second kappa shape index (κ2) is 15.5. The summed E-state index contributed by atoms with van der Waals surface area (Å²) in [6.07, 6.45) is 35.4. The SMILES string of the molecule is C1=CCCC2CN3CCCCC=CCCCCC4CC(CN(CCCCCCCC1)C4)C2CC3. The van der Waals surface area contributed by atoms with Crippen LogP contribution in [0.15, 0.2) is 24.3 Å². The zero-order chi connectivity index (χ0) is 23.3. The fraction of sp³-hybridized carbons (Fsp3) is 0.875. The third-order valence-electron chi connectivity index (χ3n) is 9.59. The summed E-state index contributed by atoms with van der Waals surface area (Å²) in [7, 11) is 0. The smallest absolute Gasteiger partial charge is 0.00127 e. The standard InChI is InChI=1S/C32H56N2/c1-2-5-10-14-18-23-34-26-29-19-15-11-7-4-6-9-13-17-22-33-24-21-32(31(25-29)28-34)30(27-33)20-16-12-8-3-1/h4,6,8,12,29-32H,1-3,5,7,9-11,13-28H2. The molecule has 5 aliphatic heterocycles. The summed E-state index contributed by atoms with van der Waals surface area (Å²) in [5.41, 5.74) is 0. The minimum atomic E-state index is 0.926. The van der Waals surface area contributed by atoms with Crippen LogP contribution in [0.3, 0.4) is 0 Å². The van der Waals surface area contributed by atoms with Gasteiger partial charge in [0.2, 0.25) is 0 Å². The number of hydrogen-bond donors (Lipinski definition) is 0.